The van der Waals surface area contributed by atoms with Crippen molar-refractivity contribution in [3.05, 3.63) is 59.7 Å². The number of benzene rings is 2. The quantitative estimate of drug-likeness (QED) is 0.878. The lowest BCUT2D eigenvalue weighted by Gasteiger charge is -2.13. The first-order valence-electron chi connectivity index (χ1n) is 8.10. The van der Waals surface area contributed by atoms with Crippen LogP contribution in [0.2, 0.25) is 0 Å². The van der Waals surface area contributed by atoms with Crippen molar-refractivity contribution in [3.8, 4) is 5.75 Å². The van der Waals surface area contributed by atoms with Crippen molar-refractivity contribution >= 4 is 17.7 Å². The molecular weight excluding hydrogens is 320 g/mol. The second-order valence-corrected chi connectivity index (χ2v) is 5.89. The number of anilines is 1. The van der Waals surface area contributed by atoms with Crippen LogP contribution >= 0.6 is 0 Å². The van der Waals surface area contributed by atoms with Gasteiger partial charge in [0, 0.05) is 12.2 Å². The van der Waals surface area contributed by atoms with E-state index in [2.05, 4.69) is 5.32 Å². The fraction of sp³-hybridized carbons (Fsp3) is 0.263. The Morgan fingerprint density at radius 1 is 1.24 bits per heavy atom. The van der Waals surface area contributed by atoms with Crippen LogP contribution in [-0.2, 0) is 16.1 Å². The molecule has 0 aliphatic carbocycles. The number of nitrogens with one attached hydrogen (secondary N) is 1. The van der Waals surface area contributed by atoms with E-state index in [1.807, 2.05) is 49.4 Å². The van der Waals surface area contributed by atoms with Gasteiger partial charge in [0.15, 0.2) is 6.61 Å². The van der Waals surface area contributed by atoms with Crippen molar-refractivity contribution in [1.82, 2.24) is 4.90 Å². The predicted octanol–water partition coefficient (Wildman–Crippen LogP) is 2.96. The van der Waals surface area contributed by atoms with Crippen molar-refractivity contribution < 1.29 is 19.1 Å². The van der Waals surface area contributed by atoms with E-state index in [0.29, 0.717) is 31.1 Å². The van der Waals surface area contributed by atoms with Gasteiger partial charge in [-0.15, -0.1) is 0 Å². The van der Waals surface area contributed by atoms with Gasteiger partial charge >= 0.3 is 6.09 Å². The normalized spacial score (nSPS) is 13.5. The average molecular weight is 340 g/mol. The van der Waals surface area contributed by atoms with Crippen molar-refractivity contribution in [3.63, 3.8) is 0 Å². The zero-order valence-corrected chi connectivity index (χ0v) is 14.0. The van der Waals surface area contributed by atoms with E-state index in [4.69, 9.17) is 9.47 Å². The summed E-state index contributed by atoms with van der Waals surface area (Å²) in [4.78, 5) is 25.2. The summed E-state index contributed by atoms with van der Waals surface area (Å²) in [6, 6.07) is 14.9. The van der Waals surface area contributed by atoms with Gasteiger partial charge in [0.1, 0.15) is 12.4 Å². The summed E-state index contributed by atoms with van der Waals surface area (Å²) in [5, 5.41) is 2.80. The third-order valence-electron chi connectivity index (χ3n) is 3.79. The molecule has 1 saturated heterocycles. The average Bonchev–Trinajstić information content (AvgIpc) is 2.98. The van der Waals surface area contributed by atoms with Crippen LogP contribution in [0.25, 0.3) is 0 Å². The summed E-state index contributed by atoms with van der Waals surface area (Å²) in [5.74, 6) is 0.427. The van der Waals surface area contributed by atoms with Crippen molar-refractivity contribution in [2.24, 2.45) is 0 Å². The Morgan fingerprint density at radius 2 is 2.08 bits per heavy atom. The summed E-state index contributed by atoms with van der Waals surface area (Å²) < 4.78 is 10.4. The van der Waals surface area contributed by atoms with Crippen molar-refractivity contribution in [2.45, 2.75) is 13.5 Å². The molecule has 0 saturated carbocycles. The lowest BCUT2D eigenvalue weighted by molar-refractivity contribution is -0.118. The Morgan fingerprint density at radius 3 is 2.84 bits per heavy atom. The number of amides is 2. The molecule has 130 valence electrons. The predicted molar refractivity (Wildman–Crippen MR) is 93.5 cm³/mol. The van der Waals surface area contributed by atoms with Gasteiger partial charge in [-0.3, -0.25) is 4.79 Å². The van der Waals surface area contributed by atoms with Crippen LogP contribution in [-0.4, -0.2) is 36.7 Å². The maximum atomic E-state index is 12.1. The molecule has 0 radical (unpaired) electrons. The fourth-order valence-corrected chi connectivity index (χ4v) is 2.59. The van der Waals surface area contributed by atoms with Crippen LogP contribution in [0.4, 0.5) is 10.5 Å². The maximum absolute atomic E-state index is 12.1. The molecule has 25 heavy (non-hydrogen) atoms. The zero-order chi connectivity index (χ0) is 17.6. The molecule has 1 aliphatic heterocycles. The molecule has 0 aromatic heterocycles. The Bertz CT molecular complexity index is 776. The van der Waals surface area contributed by atoms with Crippen LogP contribution < -0.4 is 10.1 Å². The maximum Gasteiger partial charge on any atom is 0.410 e. The number of aryl methyl sites for hydroxylation is 1. The molecule has 2 aromatic carbocycles. The molecule has 6 heteroatoms. The van der Waals surface area contributed by atoms with Gasteiger partial charge in [-0.2, -0.15) is 0 Å². The van der Waals surface area contributed by atoms with Crippen molar-refractivity contribution in [1.29, 1.82) is 0 Å². The first kappa shape index (κ1) is 16.8. The Hall–Kier alpha value is -3.02. The molecule has 0 bridgehead atoms. The minimum Gasteiger partial charge on any atom is -0.484 e. The Labute approximate surface area is 146 Å². The highest BCUT2D eigenvalue weighted by molar-refractivity contribution is 5.91. The molecule has 1 aliphatic rings. The minimum absolute atomic E-state index is 0.0634. The number of hydrogen-bond donors (Lipinski definition) is 1. The lowest BCUT2D eigenvalue weighted by atomic mass is 10.2. The lowest BCUT2D eigenvalue weighted by Crippen LogP contribution is -2.24. The van der Waals surface area contributed by atoms with Crippen LogP contribution in [0.15, 0.2) is 48.5 Å². The summed E-state index contributed by atoms with van der Waals surface area (Å²) in [6.07, 6.45) is -0.305. The molecule has 0 spiro atoms. The molecule has 1 heterocycles. The molecule has 1 fully saturated rings. The summed E-state index contributed by atoms with van der Waals surface area (Å²) in [5.41, 5.74) is 2.67. The molecular formula is C19H20N2O4. The summed E-state index contributed by atoms with van der Waals surface area (Å²) in [6.45, 7) is 3.37. The van der Waals surface area contributed by atoms with Gasteiger partial charge in [0.2, 0.25) is 0 Å². The molecule has 0 atom stereocenters. The van der Waals surface area contributed by atoms with Gasteiger partial charge in [0.25, 0.3) is 5.91 Å². The van der Waals surface area contributed by atoms with E-state index in [1.165, 1.54) is 0 Å². The highest BCUT2D eigenvalue weighted by Crippen LogP contribution is 2.16. The van der Waals surface area contributed by atoms with Gasteiger partial charge < -0.3 is 19.7 Å². The van der Waals surface area contributed by atoms with Gasteiger partial charge in [-0.05, 0) is 42.3 Å². The number of rotatable bonds is 6. The first-order valence-corrected chi connectivity index (χ1v) is 8.10. The summed E-state index contributed by atoms with van der Waals surface area (Å²) in [7, 11) is 0. The Kier molecular flexibility index (Phi) is 5.18. The highest BCUT2D eigenvalue weighted by Gasteiger charge is 2.21. The molecule has 1 N–H and O–H groups in total. The molecule has 0 unspecified atom stereocenters. The largest absolute Gasteiger partial charge is 0.484 e. The summed E-state index contributed by atoms with van der Waals surface area (Å²) >= 11 is 0. The second-order valence-electron chi connectivity index (χ2n) is 5.89. The van der Waals surface area contributed by atoms with E-state index in [-0.39, 0.29) is 18.6 Å². The Balaban J connectivity index is 1.54. The van der Waals surface area contributed by atoms with Crippen LogP contribution in [0.1, 0.15) is 11.1 Å². The number of ether oxygens (including phenoxy) is 2. The minimum atomic E-state index is -0.305. The smallest absolute Gasteiger partial charge is 0.410 e. The molecule has 3 rings (SSSR count). The van der Waals surface area contributed by atoms with E-state index >= 15 is 0 Å². The van der Waals surface area contributed by atoms with Crippen LogP contribution in [0, 0.1) is 6.92 Å². The van der Waals surface area contributed by atoms with Crippen LogP contribution in [0.3, 0.4) is 0 Å². The van der Waals surface area contributed by atoms with E-state index in [0.717, 1.165) is 11.1 Å². The highest BCUT2D eigenvalue weighted by atomic mass is 16.6. The first-order chi connectivity index (χ1) is 12.1. The molecule has 2 amide bonds. The zero-order valence-electron chi connectivity index (χ0n) is 14.0. The monoisotopic (exact) mass is 340 g/mol. The standard InChI is InChI=1S/C19H20N2O4/c1-14-4-2-7-17(10-14)25-13-18(22)20-16-6-3-5-15(11-16)12-21-8-9-24-19(21)23/h2-7,10-11H,8-9,12-13H2,1H3,(H,20,22). The topological polar surface area (TPSA) is 67.9 Å². The SMILES string of the molecule is Cc1cccc(OCC(=O)Nc2cccc(CN3CCOC3=O)c2)c1. The van der Waals surface area contributed by atoms with Gasteiger partial charge in [-0.1, -0.05) is 24.3 Å². The number of nitrogens with zero attached hydrogens (tertiary/aromatic N) is 1. The number of cyclic esters (lactones) is 1. The van der Waals surface area contributed by atoms with Crippen molar-refractivity contribution in [2.75, 3.05) is 25.1 Å². The van der Waals surface area contributed by atoms with E-state index in [9.17, 15) is 9.59 Å². The van der Waals surface area contributed by atoms with Crippen LogP contribution in [0.5, 0.6) is 5.75 Å². The van der Waals surface area contributed by atoms with E-state index in [1.54, 1.807) is 11.0 Å². The molecule has 6 nitrogen and oxygen atoms in total. The third kappa shape index (κ3) is 4.73. The number of hydrogen-bond acceptors (Lipinski definition) is 4. The fourth-order valence-electron chi connectivity index (χ4n) is 2.59. The van der Waals surface area contributed by atoms with E-state index < -0.39 is 0 Å². The second kappa shape index (κ2) is 7.70. The van der Waals surface area contributed by atoms with Gasteiger partial charge in [0.05, 0.1) is 6.54 Å². The number of carbonyl (C=O) groups excluding carboxylic acids is 2. The molecule has 2 aromatic rings. The third-order valence-corrected chi connectivity index (χ3v) is 3.79. The number of carbonyl (C=O) groups is 2. The van der Waals surface area contributed by atoms with Gasteiger partial charge in [-0.25, -0.2) is 4.79 Å².